The predicted octanol–water partition coefficient (Wildman–Crippen LogP) is 1.53. The molecule has 0 spiro atoms. The van der Waals surface area contributed by atoms with E-state index in [9.17, 15) is 9.59 Å². The minimum Gasteiger partial charge on any atom is -0.481 e. The van der Waals surface area contributed by atoms with Gasteiger partial charge < -0.3 is 10.0 Å². The Morgan fingerprint density at radius 1 is 1.39 bits per heavy atom. The average molecular weight is 249 g/mol. The lowest BCUT2D eigenvalue weighted by Crippen LogP contribution is -2.42. The van der Waals surface area contributed by atoms with Gasteiger partial charge in [0.05, 0.1) is 18.4 Å². The smallest absolute Gasteiger partial charge is 0.307 e. The summed E-state index contributed by atoms with van der Waals surface area (Å²) in [4.78, 5) is 25.1. The van der Waals surface area contributed by atoms with Crippen molar-refractivity contribution in [1.82, 2.24) is 4.90 Å². The molecule has 0 heterocycles. The third kappa shape index (κ3) is 3.36. The Bertz CT molecular complexity index is 381. The number of nitrogens with zero attached hydrogens (tertiary/aromatic N) is 1. The largest absolute Gasteiger partial charge is 0.481 e. The molecule has 1 rings (SSSR count). The highest BCUT2D eigenvalue weighted by Gasteiger charge is 2.35. The zero-order valence-electron chi connectivity index (χ0n) is 10.6. The summed E-state index contributed by atoms with van der Waals surface area (Å²) in [5.74, 6) is 0.311. The first-order valence-corrected chi connectivity index (χ1v) is 6.21. The van der Waals surface area contributed by atoms with Crippen LogP contribution in [-0.4, -0.2) is 35.0 Å². The Labute approximate surface area is 108 Å². The number of carbonyl (C=O) groups excluding carboxylic acids is 1. The summed E-state index contributed by atoms with van der Waals surface area (Å²) in [7, 11) is 0. The van der Waals surface area contributed by atoms with E-state index in [1.54, 1.807) is 4.90 Å². The fraction of sp³-hybridized carbons (Fsp3) is 0.571. The van der Waals surface area contributed by atoms with E-state index in [0.29, 0.717) is 19.4 Å². The average Bonchev–Trinajstić information content (AvgIpc) is 2.37. The van der Waals surface area contributed by atoms with Crippen molar-refractivity contribution < 1.29 is 14.7 Å². The number of hydrogen-bond donors (Lipinski definition) is 1. The minimum atomic E-state index is -0.908. The number of carboxylic acid groups (broad SMARTS) is 1. The molecule has 4 nitrogen and oxygen atoms in total. The highest BCUT2D eigenvalue weighted by Crippen LogP contribution is 2.27. The Hall–Kier alpha value is -1.76. The predicted molar refractivity (Wildman–Crippen MR) is 68.7 cm³/mol. The first-order chi connectivity index (χ1) is 8.61. The maximum absolute atomic E-state index is 12.3. The lowest BCUT2D eigenvalue weighted by atomic mass is 9.82. The van der Waals surface area contributed by atoms with Gasteiger partial charge in [0.1, 0.15) is 0 Å². The number of allylic oxidation sites excluding steroid dienone is 2. The van der Waals surface area contributed by atoms with E-state index < -0.39 is 17.8 Å². The Kier molecular flexibility index (Phi) is 5.44. The van der Waals surface area contributed by atoms with Crippen molar-refractivity contribution in [2.45, 2.75) is 26.2 Å². The van der Waals surface area contributed by atoms with Gasteiger partial charge in [-0.25, -0.2) is 0 Å². The number of terminal acetylenes is 1. The van der Waals surface area contributed by atoms with Crippen LogP contribution < -0.4 is 0 Å². The molecule has 0 aromatic carbocycles. The fourth-order valence-corrected chi connectivity index (χ4v) is 2.24. The van der Waals surface area contributed by atoms with Gasteiger partial charge in [0.2, 0.25) is 5.91 Å². The van der Waals surface area contributed by atoms with Crippen LogP contribution in [0.5, 0.6) is 0 Å². The maximum atomic E-state index is 12.3. The van der Waals surface area contributed by atoms with Crippen LogP contribution in [0.25, 0.3) is 0 Å². The SMILES string of the molecule is C#CCN(CCC)C(=O)C1CC=CCC1C(=O)O. The van der Waals surface area contributed by atoms with Crippen LogP contribution in [0.2, 0.25) is 0 Å². The number of amides is 1. The Balaban J connectivity index is 2.82. The summed E-state index contributed by atoms with van der Waals surface area (Å²) >= 11 is 0. The van der Waals surface area contributed by atoms with Gasteiger partial charge in [0.25, 0.3) is 0 Å². The topological polar surface area (TPSA) is 57.6 Å². The standard InChI is InChI=1S/C14H19NO3/c1-3-9-15(10-4-2)13(16)11-7-5-6-8-12(11)14(17)18/h1,5-6,11-12H,4,7-10H2,2H3,(H,17,18). The molecule has 1 N–H and O–H groups in total. The van der Waals surface area contributed by atoms with Crippen molar-refractivity contribution in [1.29, 1.82) is 0 Å². The lowest BCUT2D eigenvalue weighted by Gasteiger charge is -2.29. The normalized spacial score (nSPS) is 22.2. The van der Waals surface area contributed by atoms with Crippen molar-refractivity contribution in [2.24, 2.45) is 11.8 Å². The van der Waals surface area contributed by atoms with Crippen LogP contribution in [0, 0.1) is 24.2 Å². The Morgan fingerprint density at radius 3 is 2.50 bits per heavy atom. The van der Waals surface area contributed by atoms with Crippen molar-refractivity contribution >= 4 is 11.9 Å². The zero-order valence-corrected chi connectivity index (χ0v) is 10.6. The second kappa shape index (κ2) is 6.85. The van der Waals surface area contributed by atoms with Gasteiger partial charge in [-0.2, -0.15) is 0 Å². The monoisotopic (exact) mass is 249 g/mol. The highest BCUT2D eigenvalue weighted by atomic mass is 16.4. The maximum Gasteiger partial charge on any atom is 0.307 e. The van der Waals surface area contributed by atoms with Crippen molar-refractivity contribution in [3.8, 4) is 12.3 Å². The zero-order chi connectivity index (χ0) is 13.5. The molecule has 0 saturated carbocycles. The van der Waals surface area contributed by atoms with E-state index >= 15 is 0 Å². The number of hydrogen-bond acceptors (Lipinski definition) is 2. The van der Waals surface area contributed by atoms with Crippen LogP contribution in [0.15, 0.2) is 12.2 Å². The molecule has 0 aromatic rings. The summed E-state index contributed by atoms with van der Waals surface area (Å²) in [6.07, 6.45) is 10.7. The molecule has 0 saturated heterocycles. The third-order valence-corrected chi connectivity index (χ3v) is 3.15. The van der Waals surface area contributed by atoms with Crippen LogP contribution >= 0.6 is 0 Å². The van der Waals surface area contributed by atoms with E-state index in [1.807, 2.05) is 19.1 Å². The van der Waals surface area contributed by atoms with Crippen LogP contribution in [0.3, 0.4) is 0 Å². The summed E-state index contributed by atoms with van der Waals surface area (Å²) in [5.41, 5.74) is 0. The molecular weight excluding hydrogens is 230 g/mol. The summed E-state index contributed by atoms with van der Waals surface area (Å²) in [6, 6.07) is 0. The summed E-state index contributed by atoms with van der Waals surface area (Å²) < 4.78 is 0. The van der Waals surface area contributed by atoms with Crippen LogP contribution in [-0.2, 0) is 9.59 Å². The third-order valence-electron chi connectivity index (χ3n) is 3.15. The summed E-state index contributed by atoms with van der Waals surface area (Å²) in [6.45, 7) is 2.79. The molecular formula is C14H19NO3. The molecule has 0 aromatic heterocycles. The molecule has 1 aliphatic carbocycles. The molecule has 1 amide bonds. The summed E-state index contributed by atoms with van der Waals surface area (Å²) in [5, 5.41) is 9.15. The number of aliphatic carboxylic acids is 1. The van der Waals surface area contributed by atoms with Crippen molar-refractivity contribution in [2.75, 3.05) is 13.1 Å². The van der Waals surface area contributed by atoms with Gasteiger partial charge in [-0.05, 0) is 19.3 Å². The molecule has 1 aliphatic rings. The van der Waals surface area contributed by atoms with Gasteiger partial charge in [0, 0.05) is 6.54 Å². The number of rotatable bonds is 5. The van der Waals surface area contributed by atoms with E-state index in [4.69, 9.17) is 11.5 Å². The van der Waals surface area contributed by atoms with E-state index in [1.165, 1.54) is 0 Å². The van der Waals surface area contributed by atoms with Gasteiger partial charge in [0.15, 0.2) is 0 Å². The molecule has 0 bridgehead atoms. The van der Waals surface area contributed by atoms with E-state index in [-0.39, 0.29) is 12.5 Å². The van der Waals surface area contributed by atoms with E-state index in [2.05, 4.69) is 5.92 Å². The number of carbonyl (C=O) groups is 2. The molecule has 2 atom stereocenters. The second-order valence-electron chi connectivity index (χ2n) is 4.46. The fourth-order valence-electron chi connectivity index (χ4n) is 2.24. The number of carboxylic acids is 1. The molecule has 2 unspecified atom stereocenters. The van der Waals surface area contributed by atoms with Gasteiger partial charge in [-0.1, -0.05) is 25.0 Å². The van der Waals surface area contributed by atoms with Gasteiger partial charge in [-0.15, -0.1) is 6.42 Å². The highest BCUT2D eigenvalue weighted by molar-refractivity contribution is 5.85. The van der Waals surface area contributed by atoms with Crippen LogP contribution in [0.1, 0.15) is 26.2 Å². The lowest BCUT2D eigenvalue weighted by molar-refractivity contribution is -0.150. The molecule has 0 fully saturated rings. The molecule has 0 radical (unpaired) electrons. The van der Waals surface area contributed by atoms with Crippen LogP contribution in [0.4, 0.5) is 0 Å². The quantitative estimate of drug-likeness (QED) is 0.593. The Morgan fingerprint density at radius 2 is 2.00 bits per heavy atom. The first kappa shape index (κ1) is 14.3. The molecule has 4 heteroatoms. The van der Waals surface area contributed by atoms with Crippen molar-refractivity contribution in [3.05, 3.63) is 12.2 Å². The van der Waals surface area contributed by atoms with Crippen molar-refractivity contribution in [3.63, 3.8) is 0 Å². The van der Waals surface area contributed by atoms with E-state index in [0.717, 1.165) is 6.42 Å². The first-order valence-electron chi connectivity index (χ1n) is 6.21. The molecule has 98 valence electrons. The molecule has 18 heavy (non-hydrogen) atoms. The second-order valence-corrected chi connectivity index (χ2v) is 4.46. The minimum absolute atomic E-state index is 0.133. The van der Waals surface area contributed by atoms with Gasteiger partial charge >= 0.3 is 5.97 Å². The molecule has 0 aliphatic heterocycles. The van der Waals surface area contributed by atoms with Gasteiger partial charge in [-0.3, -0.25) is 9.59 Å².